The summed E-state index contributed by atoms with van der Waals surface area (Å²) >= 11 is 17.4. The van der Waals surface area contributed by atoms with Crippen LogP contribution in [0.1, 0.15) is 20.7 Å². The van der Waals surface area contributed by atoms with Crippen molar-refractivity contribution < 1.29 is 14.7 Å². The molecular weight excluding hydrogens is 337 g/mol. The molecule has 0 saturated carbocycles. The Morgan fingerprint density at radius 3 is 2.19 bits per heavy atom. The monoisotopic (exact) mass is 343 g/mol. The van der Waals surface area contributed by atoms with Crippen LogP contribution >= 0.6 is 34.8 Å². The number of nitrogens with one attached hydrogen (secondary N) is 1. The van der Waals surface area contributed by atoms with Crippen molar-refractivity contribution in [3.63, 3.8) is 0 Å². The fourth-order valence-electron chi connectivity index (χ4n) is 1.61. The van der Waals surface area contributed by atoms with Gasteiger partial charge in [0.05, 0.1) is 20.6 Å². The van der Waals surface area contributed by atoms with Crippen LogP contribution in [-0.2, 0) is 0 Å². The summed E-state index contributed by atoms with van der Waals surface area (Å²) in [5.41, 5.74) is 0.660. The van der Waals surface area contributed by atoms with E-state index in [2.05, 4.69) is 5.32 Å². The molecular formula is C14H8Cl3NO3. The highest BCUT2D eigenvalue weighted by Gasteiger charge is 2.12. The summed E-state index contributed by atoms with van der Waals surface area (Å²) in [7, 11) is 0. The van der Waals surface area contributed by atoms with E-state index < -0.39 is 11.9 Å². The highest BCUT2D eigenvalue weighted by Crippen LogP contribution is 2.24. The van der Waals surface area contributed by atoms with E-state index in [1.54, 1.807) is 0 Å². The first-order valence-corrected chi connectivity index (χ1v) is 6.81. The second-order valence-corrected chi connectivity index (χ2v) is 5.30. The van der Waals surface area contributed by atoms with E-state index in [1.165, 1.54) is 36.4 Å². The van der Waals surface area contributed by atoms with Crippen LogP contribution < -0.4 is 5.32 Å². The Morgan fingerprint density at radius 1 is 0.905 bits per heavy atom. The first kappa shape index (κ1) is 15.6. The van der Waals surface area contributed by atoms with Crippen molar-refractivity contribution in [2.75, 3.05) is 5.32 Å². The first-order chi connectivity index (χ1) is 9.88. The van der Waals surface area contributed by atoms with Crippen LogP contribution in [0.3, 0.4) is 0 Å². The third-order valence-corrected chi connectivity index (χ3v) is 3.69. The van der Waals surface area contributed by atoms with Gasteiger partial charge < -0.3 is 10.4 Å². The molecule has 2 rings (SSSR count). The van der Waals surface area contributed by atoms with Gasteiger partial charge in [-0.2, -0.15) is 0 Å². The van der Waals surface area contributed by atoms with Crippen molar-refractivity contribution in [1.82, 2.24) is 0 Å². The first-order valence-electron chi connectivity index (χ1n) is 5.67. The third kappa shape index (κ3) is 3.67. The van der Waals surface area contributed by atoms with Gasteiger partial charge in [-0.1, -0.05) is 34.8 Å². The van der Waals surface area contributed by atoms with E-state index in [4.69, 9.17) is 39.9 Å². The molecule has 2 aromatic rings. The molecule has 0 saturated heterocycles. The normalized spacial score (nSPS) is 10.2. The number of carboxylic acid groups (broad SMARTS) is 1. The third-order valence-electron chi connectivity index (χ3n) is 2.64. The molecule has 2 aromatic carbocycles. The number of hydrogen-bond acceptors (Lipinski definition) is 2. The van der Waals surface area contributed by atoms with Gasteiger partial charge in [0.2, 0.25) is 0 Å². The minimum absolute atomic E-state index is 0.0365. The van der Waals surface area contributed by atoms with Crippen molar-refractivity contribution in [2.24, 2.45) is 0 Å². The highest BCUT2D eigenvalue weighted by molar-refractivity contribution is 6.42. The Balaban J connectivity index is 2.21. The van der Waals surface area contributed by atoms with E-state index in [9.17, 15) is 9.59 Å². The van der Waals surface area contributed by atoms with Crippen molar-refractivity contribution in [1.29, 1.82) is 0 Å². The molecule has 1 amide bonds. The maximum Gasteiger partial charge on any atom is 0.337 e. The number of rotatable bonds is 3. The minimum atomic E-state index is -1.14. The van der Waals surface area contributed by atoms with E-state index in [0.717, 1.165) is 0 Å². The molecule has 2 N–H and O–H groups in total. The molecule has 0 aromatic heterocycles. The highest BCUT2D eigenvalue weighted by atomic mass is 35.5. The minimum Gasteiger partial charge on any atom is -0.478 e. The van der Waals surface area contributed by atoms with E-state index in [0.29, 0.717) is 16.3 Å². The molecule has 0 aliphatic heterocycles. The van der Waals surface area contributed by atoms with Gasteiger partial charge in [0.1, 0.15) is 0 Å². The standard InChI is InChI=1S/C14H8Cl3NO3/c15-10-4-1-7(5-12(10)17)13(19)18-8-2-3-9(14(20)21)11(16)6-8/h1-6H,(H,18,19)(H,20,21). The molecule has 0 heterocycles. The Kier molecular flexibility index (Phi) is 4.73. The molecule has 0 atom stereocenters. The van der Waals surface area contributed by atoms with Crippen molar-refractivity contribution in [2.45, 2.75) is 0 Å². The van der Waals surface area contributed by atoms with Gasteiger partial charge in [-0.05, 0) is 36.4 Å². The zero-order chi connectivity index (χ0) is 15.6. The lowest BCUT2D eigenvalue weighted by Gasteiger charge is -2.07. The Hall–Kier alpha value is -1.75. The Bertz CT molecular complexity index is 731. The van der Waals surface area contributed by atoms with Crippen LogP contribution in [0.5, 0.6) is 0 Å². The predicted molar refractivity (Wildman–Crippen MR) is 82.8 cm³/mol. The van der Waals surface area contributed by atoms with Crippen molar-refractivity contribution >= 4 is 52.4 Å². The quantitative estimate of drug-likeness (QED) is 0.855. The molecule has 21 heavy (non-hydrogen) atoms. The molecule has 0 fully saturated rings. The summed E-state index contributed by atoms with van der Waals surface area (Å²) < 4.78 is 0. The summed E-state index contributed by atoms with van der Waals surface area (Å²) in [5, 5.41) is 12.1. The maximum atomic E-state index is 12.0. The lowest BCUT2D eigenvalue weighted by Crippen LogP contribution is -2.12. The van der Waals surface area contributed by atoms with Gasteiger partial charge in [-0.25, -0.2) is 4.79 Å². The molecule has 0 bridgehead atoms. The number of carbonyl (C=O) groups is 2. The number of amides is 1. The van der Waals surface area contributed by atoms with Crippen LogP contribution in [0, 0.1) is 0 Å². The van der Waals surface area contributed by atoms with Gasteiger partial charge in [-0.3, -0.25) is 4.79 Å². The molecule has 0 spiro atoms. The van der Waals surface area contributed by atoms with Crippen molar-refractivity contribution in [3.8, 4) is 0 Å². The topological polar surface area (TPSA) is 66.4 Å². The van der Waals surface area contributed by atoms with E-state index in [-0.39, 0.29) is 15.6 Å². The zero-order valence-corrected chi connectivity index (χ0v) is 12.6. The smallest absolute Gasteiger partial charge is 0.337 e. The van der Waals surface area contributed by atoms with Crippen LogP contribution in [-0.4, -0.2) is 17.0 Å². The second kappa shape index (κ2) is 6.35. The number of carboxylic acids is 1. The Morgan fingerprint density at radius 2 is 1.62 bits per heavy atom. The summed E-state index contributed by atoms with van der Waals surface area (Å²) in [5.74, 6) is -1.55. The second-order valence-electron chi connectivity index (χ2n) is 4.08. The average Bonchev–Trinajstić information content (AvgIpc) is 2.41. The number of aromatic carboxylic acids is 1. The van der Waals surface area contributed by atoms with Gasteiger partial charge in [-0.15, -0.1) is 0 Å². The molecule has 108 valence electrons. The number of anilines is 1. The van der Waals surface area contributed by atoms with Crippen LogP contribution in [0.4, 0.5) is 5.69 Å². The SMILES string of the molecule is O=C(Nc1ccc(C(=O)O)c(Cl)c1)c1ccc(Cl)c(Cl)c1. The van der Waals surface area contributed by atoms with Gasteiger partial charge in [0.25, 0.3) is 5.91 Å². The Labute approximate surface area is 135 Å². The largest absolute Gasteiger partial charge is 0.478 e. The van der Waals surface area contributed by atoms with Gasteiger partial charge >= 0.3 is 5.97 Å². The zero-order valence-electron chi connectivity index (χ0n) is 10.4. The lowest BCUT2D eigenvalue weighted by atomic mass is 10.2. The lowest BCUT2D eigenvalue weighted by molar-refractivity contribution is 0.0697. The summed E-state index contributed by atoms with van der Waals surface area (Å²) in [6.07, 6.45) is 0. The van der Waals surface area contributed by atoms with E-state index >= 15 is 0 Å². The molecule has 0 unspecified atom stereocenters. The molecule has 7 heteroatoms. The van der Waals surface area contributed by atoms with Gasteiger partial charge in [0.15, 0.2) is 0 Å². The molecule has 0 aliphatic carbocycles. The predicted octanol–water partition coefficient (Wildman–Crippen LogP) is 4.60. The van der Waals surface area contributed by atoms with Crippen LogP contribution in [0.2, 0.25) is 15.1 Å². The summed E-state index contributed by atoms with van der Waals surface area (Å²) in [6.45, 7) is 0. The number of benzene rings is 2. The molecule has 4 nitrogen and oxygen atoms in total. The fourth-order valence-corrected chi connectivity index (χ4v) is 2.17. The molecule has 0 radical (unpaired) electrons. The maximum absolute atomic E-state index is 12.0. The van der Waals surface area contributed by atoms with E-state index in [1.807, 2.05) is 0 Å². The summed E-state index contributed by atoms with van der Waals surface area (Å²) in [6, 6.07) is 8.60. The van der Waals surface area contributed by atoms with Gasteiger partial charge in [0, 0.05) is 11.3 Å². The van der Waals surface area contributed by atoms with Crippen molar-refractivity contribution in [3.05, 3.63) is 62.6 Å². The molecule has 0 aliphatic rings. The fraction of sp³-hybridized carbons (Fsp3) is 0. The average molecular weight is 345 g/mol. The van der Waals surface area contributed by atoms with Crippen LogP contribution in [0.15, 0.2) is 36.4 Å². The summed E-state index contributed by atoms with van der Waals surface area (Å²) in [4.78, 5) is 22.9. The number of halogens is 3. The number of hydrogen-bond donors (Lipinski definition) is 2. The van der Waals surface area contributed by atoms with Crippen LogP contribution in [0.25, 0.3) is 0 Å². The number of carbonyl (C=O) groups excluding carboxylic acids is 1.